The lowest BCUT2D eigenvalue weighted by Gasteiger charge is -2.36. The lowest BCUT2D eigenvalue weighted by molar-refractivity contribution is -0.107. The molecule has 2 aromatic heterocycles. The van der Waals surface area contributed by atoms with Gasteiger partial charge in [0.1, 0.15) is 12.9 Å². The Morgan fingerprint density at radius 3 is 2.55 bits per heavy atom. The molecule has 0 bridgehead atoms. The smallest absolute Gasteiger partial charge is 0.409 e. The number of rotatable bonds is 9. The molecule has 2 heterocycles. The van der Waals surface area contributed by atoms with E-state index >= 15 is 0 Å². The van der Waals surface area contributed by atoms with E-state index in [1.807, 2.05) is 6.92 Å². The second-order valence-electron chi connectivity index (χ2n) is 8.80. The molecule has 0 saturated carbocycles. The van der Waals surface area contributed by atoms with Gasteiger partial charge in [-0.05, 0) is 42.8 Å². The van der Waals surface area contributed by atoms with Crippen molar-refractivity contribution in [1.82, 2.24) is 9.97 Å². The Labute approximate surface area is 184 Å². The molecule has 0 spiro atoms. The lowest BCUT2D eigenvalue weighted by Crippen LogP contribution is -2.41. The number of ether oxygens (including phenoxy) is 1. The van der Waals surface area contributed by atoms with E-state index in [0.717, 1.165) is 17.4 Å². The number of nitrogens with zero attached hydrogens (tertiary/aromatic N) is 2. The number of pyridine rings is 2. The maximum absolute atomic E-state index is 11.1. The third kappa shape index (κ3) is 6.86. The van der Waals surface area contributed by atoms with E-state index in [4.69, 9.17) is 14.3 Å². The summed E-state index contributed by atoms with van der Waals surface area (Å²) in [6.45, 7) is 13.5. The average Bonchev–Trinajstić information content (AvgIpc) is 2.65. The van der Waals surface area contributed by atoms with Crippen LogP contribution in [0.1, 0.15) is 32.2 Å². The van der Waals surface area contributed by atoms with Crippen molar-refractivity contribution in [3.63, 3.8) is 0 Å². The number of hydrogen-bond acceptors (Lipinski definition) is 6. The Hall–Kier alpha value is -2.78. The van der Waals surface area contributed by atoms with E-state index in [1.54, 1.807) is 18.2 Å². The van der Waals surface area contributed by atoms with Crippen molar-refractivity contribution in [3.8, 4) is 17.0 Å². The van der Waals surface area contributed by atoms with Crippen LogP contribution < -0.4 is 10.1 Å². The van der Waals surface area contributed by atoms with Gasteiger partial charge in [-0.25, -0.2) is 9.78 Å². The van der Waals surface area contributed by atoms with Crippen molar-refractivity contribution in [2.24, 2.45) is 0 Å². The minimum absolute atomic E-state index is 0.113. The average molecular weight is 446 g/mol. The minimum atomic E-state index is -1.87. The second kappa shape index (κ2) is 10.0. The number of anilines is 1. The maximum Gasteiger partial charge on any atom is 0.409 e. The van der Waals surface area contributed by atoms with Crippen LogP contribution in [0, 0.1) is 6.92 Å². The number of aryl methyl sites for hydroxylation is 1. The number of carbonyl (C=O) groups is 2. The molecule has 0 atom stereocenters. The van der Waals surface area contributed by atoms with Gasteiger partial charge in [0.2, 0.25) is 5.88 Å². The molecule has 2 rings (SSSR count). The molecule has 0 aliphatic heterocycles. The molecule has 9 heteroatoms. The summed E-state index contributed by atoms with van der Waals surface area (Å²) in [7, 11) is -1.87. The third-order valence-corrected chi connectivity index (χ3v) is 9.94. The molecule has 1 amide bonds. The highest BCUT2D eigenvalue weighted by atomic mass is 28.4. The van der Waals surface area contributed by atoms with Crippen LogP contribution in [-0.4, -0.2) is 49.0 Å². The Morgan fingerprint density at radius 2 is 1.94 bits per heavy atom. The first-order valence-corrected chi connectivity index (χ1v) is 13.0. The van der Waals surface area contributed by atoms with Crippen LogP contribution >= 0.6 is 0 Å². The van der Waals surface area contributed by atoms with Crippen LogP contribution in [0.25, 0.3) is 11.1 Å². The van der Waals surface area contributed by atoms with Gasteiger partial charge in [0.15, 0.2) is 8.32 Å². The van der Waals surface area contributed by atoms with Crippen molar-refractivity contribution in [1.29, 1.82) is 0 Å². The Kier molecular flexibility index (Phi) is 7.91. The van der Waals surface area contributed by atoms with Gasteiger partial charge < -0.3 is 19.1 Å². The molecule has 2 aromatic rings. The standard InChI is InChI=1S/C22H31N3O5Si/c1-15-19(13-18(14-23-15)25-21(27)28)16-11-17(7-8-26)24-20(12-16)29-9-10-30-31(5,6)22(2,3)4/h8,11-14,25H,7,9-10H2,1-6H3,(H,27,28). The topological polar surface area (TPSA) is 111 Å². The molecule has 0 aliphatic carbocycles. The van der Waals surface area contributed by atoms with Gasteiger partial charge in [-0.3, -0.25) is 10.3 Å². The second-order valence-corrected chi connectivity index (χ2v) is 13.6. The van der Waals surface area contributed by atoms with E-state index in [-0.39, 0.29) is 11.5 Å². The van der Waals surface area contributed by atoms with Crippen LogP contribution in [0.2, 0.25) is 18.1 Å². The predicted octanol–water partition coefficient (Wildman–Crippen LogP) is 4.68. The van der Waals surface area contributed by atoms with Gasteiger partial charge >= 0.3 is 6.09 Å². The fourth-order valence-electron chi connectivity index (χ4n) is 2.66. The Balaban J connectivity index is 2.23. The number of aromatic nitrogens is 2. The maximum atomic E-state index is 11.1. The van der Waals surface area contributed by atoms with Gasteiger partial charge in [-0.15, -0.1) is 0 Å². The molecule has 168 valence electrons. The minimum Gasteiger partial charge on any atom is -0.475 e. The molecule has 0 aliphatic rings. The number of amides is 1. The zero-order valence-electron chi connectivity index (χ0n) is 19.0. The molecule has 0 fully saturated rings. The van der Waals surface area contributed by atoms with Gasteiger partial charge in [0.25, 0.3) is 0 Å². The summed E-state index contributed by atoms with van der Waals surface area (Å²) in [5, 5.41) is 11.4. The fraction of sp³-hybridized carbons (Fsp3) is 0.455. The van der Waals surface area contributed by atoms with Gasteiger partial charge in [-0.2, -0.15) is 0 Å². The SMILES string of the molecule is Cc1ncc(NC(=O)O)cc1-c1cc(CC=O)nc(OCCO[Si](C)(C)C(C)(C)C)c1. The van der Waals surface area contributed by atoms with Crippen molar-refractivity contribution in [2.75, 3.05) is 18.5 Å². The first kappa shape index (κ1) is 24.5. The number of nitrogens with one attached hydrogen (secondary N) is 1. The van der Waals surface area contributed by atoms with E-state index in [0.29, 0.717) is 36.2 Å². The summed E-state index contributed by atoms with van der Waals surface area (Å²) in [5.74, 6) is 0.379. The van der Waals surface area contributed by atoms with Crippen molar-refractivity contribution in [3.05, 3.63) is 35.8 Å². The monoisotopic (exact) mass is 445 g/mol. The third-order valence-electron chi connectivity index (χ3n) is 5.40. The van der Waals surface area contributed by atoms with Crippen molar-refractivity contribution in [2.45, 2.75) is 52.2 Å². The molecule has 0 saturated heterocycles. The first-order chi connectivity index (χ1) is 14.4. The highest BCUT2D eigenvalue weighted by Gasteiger charge is 2.36. The molecular weight excluding hydrogens is 414 g/mol. The van der Waals surface area contributed by atoms with Gasteiger partial charge in [0, 0.05) is 23.7 Å². The van der Waals surface area contributed by atoms with Crippen molar-refractivity contribution < 1.29 is 23.9 Å². The highest BCUT2D eigenvalue weighted by molar-refractivity contribution is 6.74. The number of hydrogen-bond donors (Lipinski definition) is 2. The summed E-state index contributed by atoms with van der Waals surface area (Å²) in [5.41, 5.74) is 3.09. The van der Waals surface area contributed by atoms with E-state index < -0.39 is 14.4 Å². The largest absolute Gasteiger partial charge is 0.475 e. The number of aldehydes is 1. The molecule has 31 heavy (non-hydrogen) atoms. The van der Waals surface area contributed by atoms with Crippen LogP contribution in [0.15, 0.2) is 24.4 Å². The molecular formula is C22H31N3O5Si. The van der Waals surface area contributed by atoms with Gasteiger partial charge in [-0.1, -0.05) is 20.8 Å². The fourth-order valence-corrected chi connectivity index (χ4v) is 3.68. The zero-order valence-corrected chi connectivity index (χ0v) is 20.0. The van der Waals surface area contributed by atoms with Crippen LogP contribution in [0.4, 0.5) is 10.5 Å². The molecule has 2 N–H and O–H groups in total. The molecule has 0 radical (unpaired) electrons. The summed E-state index contributed by atoms with van der Waals surface area (Å²) in [6.07, 6.45) is 1.21. The Morgan fingerprint density at radius 1 is 1.23 bits per heavy atom. The number of carboxylic acid groups (broad SMARTS) is 1. The summed E-state index contributed by atoms with van der Waals surface area (Å²) >= 11 is 0. The van der Waals surface area contributed by atoms with E-state index in [2.05, 4.69) is 49.1 Å². The first-order valence-electron chi connectivity index (χ1n) is 10.1. The predicted molar refractivity (Wildman–Crippen MR) is 122 cm³/mol. The molecule has 8 nitrogen and oxygen atoms in total. The van der Waals surface area contributed by atoms with Crippen LogP contribution in [-0.2, 0) is 15.6 Å². The summed E-state index contributed by atoms with van der Waals surface area (Å²) < 4.78 is 12.0. The summed E-state index contributed by atoms with van der Waals surface area (Å²) in [6, 6.07) is 5.23. The highest BCUT2D eigenvalue weighted by Crippen LogP contribution is 2.36. The van der Waals surface area contributed by atoms with E-state index in [1.165, 1.54) is 6.20 Å². The number of carbonyl (C=O) groups excluding carboxylic acids is 1. The normalized spacial score (nSPS) is 11.8. The summed E-state index contributed by atoms with van der Waals surface area (Å²) in [4.78, 5) is 30.7. The van der Waals surface area contributed by atoms with E-state index in [9.17, 15) is 9.59 Å². The van der Waals surface area contributed by atoms with Gasteiger partial charge in [0.05, 0.1) is 24.2 Å². The molecule has 0 unspecified atom stereocenters. The van der Waals surface area contributed by atoms with Crippen LogP contribution in [0.3, 0.4) is 0 Å². The lowest BCUT2D eigenvalue weighted by atomic mass is 10.0. The molecule has 0 aromatic carbocycles. The van der Waals surface area contributed by atoms with Crippen molar-refractivity contribution >= 4 is 26.4 Å². The Bertz CT molecular complexity index is 941. The zero-order chi connectivity index (χ0) is 23.2. The quantitative estimate of drug-likeness (QED) is 0.327. The van der Waals surface area contributed by atoms with Crippen LogP contribution in [0.5, 0.6) is 5.88 Å².